The van der Waals surface area contributed by atoms with Crippen molar-refractivity contribution >= 4 is 38.3 Å². The lowest BCUT2D eigenvalue weighted by Gasteiger charge is -2.08. The number of halogens is 3. The molecule has 0 radical (unpaired) electrons. The second-order valence-corrected chi connectivity index (χ2v) is 8.72. The Balaban J connectivity index is 1.43. The molecule has 5 rings (SSSR count). The lowest BCUT2D eigenvalue weighted by Crippen LogP contribution is -2.07. The number of thiophene rings is 1. The highest BCUT2D eigenvalue weighted by molar-refractivity contribution is 7.22. The molecule has 3 aromatic heterocycles. The van der Waals surface area contributed by atoms with Crippen LogP contribution in [0.1, 0.15) is 16.8 Å². The van der Waals surface area contributed by atoms with E-state index in [1.54, 1.807) is 18.2 Å². The molecular formula is C24H19F3N4S. The first kappa shape index (κ1) is 20.5. The second kappa shape index (κ2) is 7.94. The molecule has 8 heteroatoms. The fraction of sp³-hybridized carbons (Fsp3) is 0.167. The van der Waals surface area contributed by atoms with Crippen molar-refractivity contribution in [2.24, 2.45) is 0 Å². The summed E-state index contributed by atoms with van der Waals surface area (Å²) in [4.78, 5) is 12.3. The monoisotopic (exact) mass is 452 g/mol. The number of aromatic nitrogens is 3. The van der Waals surface area contributed by atoms with Crippen molar-refractivity contribution in [1.29, 1.82) is 0 Å². The number of fused-ring (bicyclic) bond motifs is 2. The summed E-state index contributed by atoms with van der Waals surface area (Å²) in [5, 5.41) is 4.24. The van der Waals surface area contributed by atoms with Gasteiger partial charge < -0.3 is 10.3 Å². The lowest BCUT2D eigenvalue weighted by molar-refractivity contribution is 0.511. The summed E-state index contributed by atoms with van der Waals surface area (Å²) in [7, 11) is 0. The van der Waals surface area contributed by atoms with E-state index in [9.17, 15) is 13.2 Å². The van der Waals surface area contributed by atoms with E-state index in [1.807, 2.05) is 13.8 Å². The van der Waals surface area contributed by atoms with E-state index in [4.69, 9.17) is 0 Å². The Hall–Kier alpha value is -3.39. The Labute approximate surface area is 186 Å². The van der Waals surface area contributed by atoms with Crippen molar-refractivity contribution in [3.05, 3.63) is 77.0 Å². The number of hydrogen-bond donors (Lipinski definition) is 2. The maximum atomic E-state index is 14.3. The van der Waals surface area contributed by atoms with E-state index in [2.05, 4.69) is 20.3 Å². The molecule has 0 atom stereocenters. The summed E-state index contributed by atoms with van der Waals surface area (Å²) in [5.74, 6) is -1.39. The van der Waals surface area contributed by atoms with Crippen LogP contribution in [0, 0.1) is 31.3 Å². The van der Waals surface area contributed by atoms with Gasteiger partial charge in [0.1, 0.15) is 18.0 Å². The molecule has 0 amide bonds. The van der Waals surface area contributed by atoms with Gasteiger partial charge in [-0.1, -0.05) is 18.2 Å². The molecule has 4 nitrogen and oxygen atoms in total. The van der Waals surface area contributed by atoms with Crippen LogP contribution in [0.25, 0.3) is 31.6 Å². The van der Waals surface area contributed by atoms with Crippen LogP contribution in [0.5, 0.6) is 0 Å². The third kappa shape index (κ3) is 3.40. The van der Waals surface area contributed by atoms with Gasteiger partial charge in [0.05, 0.1) is 15.7 Å². The van der Waals surface area contributed by atoms with Crippen LogP contribution in [0.4, 0.5) is 19.0 Å². The molecule has 0 bridgehead atoms. The van der Waals surface area contributed by atoms with Gasteiger partial charge in [-0.15, -0.1) is 11.3 Å². The predicted octanol–water partition coefficient (Wildman–Crippen LogP) is 6.53. The highest BCUT2D eigenvalue weighted by atomic mass is 32.1. The van der Waals surface area contributed by atoms with Gasteiger partial charge in [0.25, 0.3) is 0 Å². The number of nitrogens with one attached hydrogen (secondary N) is 2. The summed E-state index contributed by atoms with van der Waals surface area (Å²) in [5.41, 5.74) is 4.40. The molecular weight excluding hydrogens is 433 g/mol. The smallest absolute Gasteiger partial charge is 0.167 e. The van der Waals surface area contributed by atoms with E-state index >= 15 is 0 Å². The van der Waals surface area contributed by atoms with Crippen LogP contribution in [0.3, 0.4) is 0 Å². The van der Waals surface area contributed by atoms with Crippen molar-refractivity contribution in [3.8, 4) is 10.4 Å². The number of rotatable bonds is 5. The normalized spacial score (nSPS) is 11.5. The molecule has 0 aliphatic carbocycles. The molecule has 5 aromatic rings. The van der Waals surface area contributed by atoms with Gasteiger partial charge in [0.15, 0.2) is 11.6 Å². The number of nitrogens with zero attached hydrogens (tertiary/aromatic N) is 2. The maximum absolute atomic E-state index is 14.3. The summed E-state index contributed by atoms with van der Waals surface area (Å²) in [6, 6.07) is 9.12. The standard InChI is InChI=1S/C24H19F3N4S/c1-12-6-7-17(26)22-20(12)14(13(2)31-22)8-9-28-24-23-18(29-11-30-24)10-19(32-23)15-4-3-5-16(25)21(15)27/h3-7,10-11,31H,8-9H2,1-2H3,(H,28,29,30). The van der Waals surface area contributed by atoms with Gasteiger partial charge in [0, 0.05) is 28.1 Å². The SMILES string of the molecule is Cc1[nH]c2c(F)ccc(C)c2c1CCNc1ncnc2cc(-c3cccc(F)c3F)sc12. The van der Waals surface area contributed by atoms with E-state index in [-0.39, 0.29) is 11.4 Å². The molecule has 0 fully saturated rings. The van der Waals surface area contributed by atoms with Gasteiger partial charge >= 0.3 is 0 Å². The first-order chi connectivity index (χ1) is 15.4. The fourth-order valence-electron chi connectivity index (χ4n) is 4.07. The quantitative estimate of drug-likeness (QED) is 0.319. The fourth-order valence-corrected chi connectivity index (χ4v) is 5.16. The van der Waals surface area contributed by atoms with Gasteiger partial charge in [-0.25, -0.2) is 23.1 Å². The first-order valence-electron chi connectivity index (χ1n) is 10.1. The molecule has 32 heavy (non-hydrogen) atoms. The second-order valence-electron chi connectivity index (χ2n) is 7.67. The van der Waals surface area contributed by atoms with Crippen LogP contribution in [-0.2, 0) is 6.42 Å². The summed E-state index contributed by atoms with van der Waals surface area (Å²) in [6.07, 6.45) is 2.11. The third-order valence-electron chi connectivity index (χ3n) is 5.63. The molecule has 0 unspecified atom stereocenters. The number of aryl methyl sites for hydroxylation is 2. The maximum Gasteiger partial charge on any atom is 0.167 e. The van der Waals surface area contributed by atoms with Crippen molar-refractivity contribution < 1.29 is 13.2 Å². The molecule has 0 spiro atoms. The third-order valence-corrected chi connectivity index (χ3v) is 6.79. The summed E-state index contributed by atoms with van der Waals surface area (Å²) >= 11 is 1.31. The number of benzene rings is 2. The van der Waals surface area contributed by atoms with Crippen molar-refractivity contribution in [2.45, 2.75) is 20.3 Å². The zero-order valence-corrected chi connectivity index (χ0v) is 18.2. The van der Waals surface area contributed by atoms with Gasteiger partial charge in [-0.05, 0) is 49.6 Å². The Kier molecular flexibility index (Phi) is 5.09. The molecule has 0 saturated heterocycles. The van der Waals surface area contributed by atoms with Crippen LogP contribution in [0.15, 0.2) is 42.7 Å². The topological polar surface area (TPSA) is 53.6 Å². The first-order valence-corrected chi connectivity index (χ1v) is 10.9. The van der Waals surface area contributed by atoms with E-state index in [0.717, 1.165) is 33.0 Å². The van der Waals surface area contributed by atoms with Crippen LogP contribution >= 0.6 is 11.3 Å². The Morgan fingerprint density at radius 1 is 1.03 bits per heavy atom. The van der Waals surface area contributed by atoms with Crippen LogP contribution < -0.4 is 5.32 Å². The zero-order chi connectivity index (χ0) is 22.4. The van der Waals surface area contributed by atoms with Crippen molar-refractivity contribution in [2.75, 3.05) is 11.9 Å². The predicted molar refractivity (Wildman–Crippen MR) is 123 cm³/mol. The zero-order valence-electron chi connectivity index (χ0n) is 17.4. The minimum Gasteiger partial charge on any atom is -0.368 e. The Morgan fingerprint density at radius 2 is 1.88 bits per heavy atom. The number of aromatic amines is 1. The largest absolute Gasteiger partial charge is 0.368 e. The Bertz CT molecular complexity index is 1470. The average Bonchev–Trinajstić information content (AvgIpc) is 3.35. The van der Waals surface area contributed by atoms with Gasteiger partial charge in [-0.2, -0.15) is 0 Å². The highest BCUT2D eigenvalue weighted by Crippen LogP contribution is 2.37. The number of hydrogen-bond acceptors (Lipinski definition) is 4. The lowest BCUT2D eigenvalue weighted by atomic mass is 10.0. The van der Waals surface area contributed by atoms with E-state index in [1.165, 1.54) is 29.8 Å². The van der Waals surface area contributed by atoms with Gasteiger partial charge in [-0.3, -0.25) is 0 Å². The molecule has 3 heterocycles. The molecule has 0 aliphatic heterocycles. The molecule has 0 aliphatic rings. The minimum atomic E-state index is -0.884. The Morgan fingerprint density at radius 3 is 2.72 bits per heavy atom. The summed E-state index contributed by atoms with van der Waals surface area (Å²) in [6.45, 7) is 4.48. The highest BCUT2D eigenvalue weighted by Gasteiger charge is 2.16. The van der Waals surface area contributed by atoms with Gasteiger partial charge in [0.2, 0.25) is 0 Å². The molecule has 2 N–H and O–H groups in total. The molecule has 2 aromatic carbocycles. The van der Waals surface area contributed by atoms with Crippen molar-refractivity contribution in [1.82, 2.24) is 15.0 Å². The molecule has 0 saturated carbocycles. The van der Waals surface area contributed by atoms with Crippen LogP contribution in [-0.4, -0.2) is 21.5 Å². The number of anilines is 1. The molecule has 162 valence electrons. The van der Waals surface area contributed by atoms with E-state index < -0.39 is 11.6 Å². The average molecular weight is 453 g/mol. The number of H-pyrrole nitrogens is 1. The van der Waals surface area contributed by atoms with E-state index in [0.29, 0.717) is 34.7 Å². The van der Waals surface area contributed by atoms with Crippen molar-refractivity contribution in [3.63, 3.8) is 0 Å². The van der Waals surface area contributed by atoms with Crippen LogP contribution in [0.2, 0.25) is 0 Å². The summed E-state index contributed by atoms with van der Waals surface area (Å²) < 4.78 is 42.9. The minimum absolute atomic E-state index is 0.200.